The highest BCUT2D eigenvalue weighted by molar-refractivity contribution is 5.87. The summed E-state index contributed by atoms with van der Waals surface area (Å²) in [4.78, 5) is 10.8. The SMILES string of the molecule is CCCOc1ccc(OCc2ccc(C(=O)O)cc2)cc1. The zero-order valence-electron chi connectivity index (χ0n) is 11.9. The van der Waals surface area contributed by atoms with Gasteiger partial charge < -0.3 is 14.6 Å². The number of carboxylic acid groups (broad SMARTS) is 1. The Hall–Kier alpha value is -2.49. The van der Waals surface area contributed by atoms with Crippen LogP contribution in [0, 0.1) is 0 Å². The van der Waals surface area contributed by atoms with Gasteiger partial charge in [-0.2, -0.15) is 0 Å². The number of carbonyl (C=O) groups is 1. The minimum Gasteiger partial charge on any atom is -0.494 e. The fourth-order valence-corrected chi connectivity index (χ4v) is 1.76. The molecule has 0 fully saturated rings. The Kier molecular flexibility index (Phi) is 5.21. The van der Waals surface area contributed by atoms with E-state index in [1.165, 1.54) is 0 Å². The molecule has 0 saturated heterocycles. The molecule has 1 N–H and O–H groups in total. The summed E-state index contributed by atoms with van der Waals surface area (Å²) in [5, 5.41) is 8.83. The van der Waals surface area contributed by atoms with Gasteiger partial charge in [0.2, 0.25) is 0 Å². The van der Waals surface area contributed by atoms with Crippen LogP contribution in [0.4, 0.5) is 0 Å². The van der Waals surface area contributed by atoms with Crippen LogP contribution in [0.15, 0.2) is 48.5 Å². The average molecular weight is 286 g/mol. The van der Waals surface area contributed by atoms with Crippen molar-refractivity contribution in [1.82, 2.24) is 0 Å². The molecule has 0 heterocycles. The van der Waals surface area contributed by atoms with Crippen molar-refractivity contribution in [3.63, 3.8) is 0 Å². The monoisotopic (exact) mass is 286 g/mol. The van der Waals surface area contributed by atoms with Crippen molar-refractivity contribution in [3.8, 4) is 11.5 Å². The first-order valence-corrected chi connectivity index (χ1v) is 6.87. The summed E-state index contributed by atoms with van der Waals surface area (Å²) in [6, 6.07) is 14.1. The summed E-state index contributed by atoms with van der Waals surface area (Å²) < 4.78 is 11.1. The third-order valence-corrected chi connectivity index (χ3v) is 2.90. The number of rotatable bonds is 7. The minimum atomic E-state index is -0.926. The van der Waals surface area contributed by atoms with Gasteiger partial charge in [-0.25, -0.2) is 4.79 Å². The van der Waals surface area contributed by atoms with Crippen LogP contribution in [0.3, 0.4) is 0 Å². The summed E-state index contributed by atoms with van der Waals surface area (Å²) in [6.07, 6.45) is 0.977. The Labute approximate surface area is 123 Å². The smallest absolute Gasteiger partial charge is 0.335 e. The lowest BCUT2D eigenvalue weighted by Gasteiger charge is -2.08. The van der Waals surface area contributed by atoms with Crippen LogP contribution in [0.2, 0.25) is 0 Å². The molecule has 0 bridgehead atoms. The van der Waals surface area contributed by atoms with E-state index in [1.54, 1.807) is 24.3 Å². The van der Waals surface area contributed by atoms with E-state index >= 15 is 0 Å². The molecule has 0 amide bonds. The molecule has 2 aromatic carbocycles. The quantitative estimate of drug-likeness (QED) is 0.842. The maximum atomic E-state index is 10.8. The highest BCUT2D eigenvalue weighted by Crippen LogP contribution is 2.19. The lowest BCUT2D eigenvalue weighted by Crippen LogP contribution is -1.99. The predicted octanol–water partition coefficient (Wildman–Crippen LogP) is 3.75. The van der Waals surface area contributed by atoms with Gasteiger partial charge in [0, 0.05) is 0 Å². The van der Waals surface area contributed by atoms with Crippen LogP contribution in [0.1, 0.15) is 29.3 Å². The molecule has 2 rings (SSSR count). The molecular formula is C17H18O4. The zero-order chi connectivity index (χ0) is 15.1. The fourth-order valence-electron chi connectivity index (χ4n) is 1.76. The summed E-state index contributed by atoms with van der Waals surface area (Å²) in [6.45, 7) is 3.16. The van der Waals surface area contributed by atoms with E-state index in [2.05, 4.69) is 6.92 Å². The van der Waals surface area contributed by atoms with Crippen molar-refractivity contribution >= 4 is 5.97 Å². The highest BCUT2D eigenvalue weighted by atomic mass is 16.5. The molecule has 0 aliphatic heterocycles. The van der Waals surface area contributed by atoms with E-state index < -0.39 is 5.97 Å². The Morgan fingerprint density at radius 2 is 1.52 bits per heavy atom. The Morgan fingerprint density at radius 1 is 0.952 bits per heavy atom. The topological polar surface area (TPSA) is 55.8 Å². The van der Waals surface area contributed by atoms with Gasteiger partial charge in [0.25, 0.3) is 0 Å². The summed E-state index contributed by atoms with van der Waals surface area (Å²) in [5.41, 5.74) is 1.20. The molecule has 110 valence electrons. The van der Waals surface area contributed by atoms with E-state index in [1.807, 2.05) is 24.3 Å². The first-order chi connectivity index (χ1) is 10.2. The molecule has 0 saturated carbocycles. The molecule has 0 unspecified atom stereocenters. The van der Waals surface area contributed by atoms with E-state index in [0.717, 1.165) is 23.5 Å². The van der Waals surface area contributed by atoms with Gasteiger partial charge in [-0.05, 0) is 48.4 Å². The molecule has 0 aliphatic carbocycles. The summed E-state index contributed by atoms with van der Waals surface area (Å²) >= 11 is 0. The molecule has 2 aromatic rings. The van der Waals surface area contributed by atoms with Crippen molar-refractivity contribution in [2.45, 2.75) is 20.0 Å². The second-order valence-electron chi connectivity index (χ2n) is 4.61. The average Bonchev–Trinajstić information content (AvgIpc) is 2.52. The molecular weight excluding hydrogens is 268 g/mol. The molecule has 0 aromatic heterocycles. The van der Waals surface area contributed by atoms with Gasteiger partial charge in [0.05, 0.1) is 12.2 Å². The zero-order valence-corrected chi connectivity index (χ0v) is 11.9. The molecule has 0 atom stereocenters. The largest absolute Gasteiger partial charge is 0.494 e. The standard InChI is InChI=1S/C17H18O4/c1-2-11-20-15-7-9-16(10-8-15)21-12-13-3-5-14(6-4-13)17(18)19/h3-10H,2,11-12H2,1H3,(H,18,19). The van der Waals surface area contributed by atoms with Crippen LogP contribution < -0.4 is 9.47 Å². The number of ether oxygens (including phenoxy) is 2. The lowest BCUT2D eigenvalue weighted by atomic mass is 10.1. The maximum Gasteiger partial charge on any atom is 0.335 e. The third kappa shape index (κ3) is 4.53. The van der Waals surface area contributed by atoms with E-state index in [-0.39, 0.29) is 5.56 Å². The van der Waals surface area contributed by atoms with Crippen molar-refractivity contribution in [2.75, 3.05) is 6.61 Å². The van der Waals surface area contributed by atoms with Crippen molar-refractivity contribution < 1.29 is 19.4 Å². The normalized spacial score (nSPS) is 10.1. The number of carboxylic acids is 1. The van der Waals surface area contributed by atoms with Gasteiger partial charge in [-0.15, -0.1) is 0 Å². The highest BCUT2D eigenvalue weighted by Gasteiger charge is 2.02. The lowest BCUT2D eigenvalue weighted by molar-refractivity contribution is 0.0697. The summed E-state index contributed by atoms with van der Waals surface area (Å²) in [5.74, 6) is 0.654. The van der Waals surface area contributed by atoms with Crippen molar-refractivity contribution in [2.24, 2.45) is 0 Å². The number of aromatic carboxylic acids is 1. The Balaban J connectivity index is 1.88. The van der Waals surface area contributed by atoms with Crippen LogP contribution in [0.25, 0.3) is 0 Å². The first kappa shape index (κ1) is 14.9. The van der Waals surface area contributed by atoms with Gasteiger partial charge in [-0.3, -0.25) is 0 Å². The van der Waals surface area contributed by atoms with Gasteiger partial charge in [-0.1, -0.05) is 19.1 Å². The van der Waals surface area contributed by atoms with Gasteiger partial charge in [0.1, 0.15) is 18.1 Å². The predicted molar refractivity (Wildman–Crippen MR) is 80.0 cm³/mol. The Morgan fingerprint density at radius 3 is 2.05 bits per heavy atom. The third-order valence-electron chi connectivity index (χ3n) is 2.90. The van der Waals surface area contributed by atoms with Crippen LogP contribution in [-0.2, 0) is 6.61 Å². The van der Waals surface area contributed by atoms with Crippen molar-refractivity contribution in [1.29, 1.82) is 0 Å². The first-order valence-electron chi connectivity index (χ1n) is 6.87. The van der Waals surface area contributed by atoms with Crippen LogP contribution in [0.5, 0.6) is 11.5 Å². The van der Waals surface area contributed by atoms with Crippen LogP contribution in [-0.4, -0.2) is 17.7 Å². The second kappa shape index (κ2) is 7.33. The second-order valence-corrected chi connectivity index (χ2v) is 4.61. The van der Waals surface area contributed by atoms with Crippen LogP contribution >= 0.6 is 0 Å². The van der Waals surface area contributed by atoms with Gasteiger partial charge >= 0.3 is 5.97 Å². The van der Waals surface area contributed by atoms with E-state index in [9.17, 15) is 4.79 Å². The maximum absolute atomic E-state index is 10.8. The van der Waals surface area contributed by atoms with Gasteiger partial charge in [0.15, 0.2) is 0 Å². The van der Waals surface area contributed by atoms with E-state index in [4.69, 9.17) is 14.6 Å². The summed E-state index contributed by atoms with van der Waals surface area (Å²) in [7, 11) is 0. The molecule has 0 spiro atoms. The minimum absolute atomic E-state index is 0.274. The Bertz CT molecular complexity index is 573. The molecule has 0 radical (unpaired) electrons. The number of benzene rings is 2. The van der Waals surface area contributed by atoms with E-state index in [0.29, 0.717) is 13.2 Å². The molecule has 21 heavy (non-hydrogen) atoms. The number of hydrogen-bond donors (Lipinski definition) is 1. The number of hydrogen-bond acceptors (Lipinski definition) is 3. The van der Waals surface area contributed by atoms with Crippen molar-refractivity contribution in [3.05, 3.63) is 59.7 Å². The molecule has 0 aliphatic rings. The molecule has 4 nitrogen and oxygen atoms in total. The molecule has 4 heteroatoms. The fraction of sp³-hybridized carbons (Fsp3) is 0.235.